The maximum Gasteiger partial charge on any atom is 0.150 e. The second kappa shape index (κ2) is 4.99. The van der Waals surface area contributed by atoms with Gasteiger partial charge in [-0.15, -0.1) is 0 Å². The Labute approximate surface area is 99.5 Å². The van der Waals surface area contributed by atoms with Gasteiger partial charge in [-0.3, -0.25) is 4.79 Å². The van der Waals surface area contributed by atoms with Gasteiger partial charge in [0.25, 0.3) is 0 Å². The number of hydrogen-bond donors (Lipinski definition) is 0. The Bertz CT molecular complexity index is 488. The van der Waals surface area contributed by atoms with Crippen molar-refractivity contribution >= 4 is 18.0 Å². The maximum atomic E-state index is 10.5. The van der Waals surface area contributed by atoms with Gasteiger partial charge in [0.15, 0.2) is 0 Å². The average molecular weight is 228 g/mol. The van der Waals surface area contributed by atoms with Gasteiger partial charge in [0.2, 0.25) is 0 Å². The minimum absolute atomic E-state index is 0.716. The molecule has 80 valence electrons. The first-order valence-electron chi connectivity index (χ1n) is 5.08. The van der Waals surface area contributed by atoms with Gasteiger partial charge < -0.3 is 0 Å². The third kappa shape index (κ3) is 2.74. The van der Waals surface area contributed by atoms with E-state index in [1.165, 1.54) is 10.5 Å². The average Bonchev–Trinajstić information content (AvgIpc) is 2.30. The quantitative estimate of drug-likeness (QED) is 0.740. The van der Waals surface area contributed by atoms with Crippen LogP contribution in [0.15, 0.2) is 58.3 Å². The summed E-state index contributed by atoms with van der Waals surface area (Å²) in [4.78, 5) is 12.9. The fourth-order valence-corrected chi connectivity index (χ4v) is 2.37. The molecule has 0 spiro atoms. The van der Waals surface area contributed by atoms with Crippen LogP contribution in [0.2, 0.25) is 0 Å². The Balaban J connectivity index is 2.17. The Kier molecular flexibility index (Phi) is 3.42. The lowest BCUT2D eigenvalue weighted by atomic mass is 10.2. The molecule has 0 unspecified atom stereocenters. The van der Waals surface area contributed by atoms with Crippen molar-refractivity contribution < 1.29 is 4.79 Å². The zero-order valence-corrected chi connectivity index (χ0v) is 9.83. The van der Waals surface area contributed by atoms with E-state index >= 15 is 0 Å². The van der Waals surface area contributed by atoms with Crippen LogP contribution in [-0.4, -0.2) is 6.29 Å². The highest BCUT2D eigenvalue weighted by Gasteiger charge is 1.97. The predicted molar refractivity (Wildman–Crippen MR) is 67.1 cm³/mol. The molecule has 0 aliphatic carbocycles. The summed E-state index contributed by atoms with van der Waals surface area (Å²) in [5.41, 5.74) is 1.98. The highest BCUT2D eigenvalue weighted by Crippen LogP contribution is 2.27. The van der Waals surface area contributed by atoms with E-state index in [0.717, 1.165) is 11.2 Å². The largest absolute Gasteiger partial charge is 0.298 e. The van der Waals surface area contributed by atoms with Crippen LogP contribution in [0.3, 0.4) is 0 Å². The van der Waals surface area contributed by atoms with Gasteiger partial charge in [-0.1, -0.05) is 41.6 Å². The maximum absolute atomic E-state index is 10.5. The molecule has 0 saturated carbocycles. The third-order valence-corrected chi connectivity index (χ3v) is 3.24. The Hall–Kier alpha value is -1.54. The van der Waals surface area contributed by atoms with Crippen LogP contribution >= 0.6 is 11.8 Å². The minimum Gasteiger partial charge on any atom is -0.298 e. The molecule has 0 amide bonds. The van der Waals surface area contributed by atoms with E-state index in [2.05, 4.69) is 31.2 Å². The summed E-state index contributed by atoms with van der Waals surface area (Å²) in [6.45, 7) is 2.08. The van der Waals surface area contributed by atoms with E-state index in [0.29, 0.717) is 5.56 Å². The zero-order valence-electron chi connectivity index (χ0n) is 9.01. The van der Waals surface area contributed by atoms with Crippen molar-refractivity contribution in [3.63, 3.8) is 0 Å². The van der Waals surface area contributed by atoms with Crippen molar-refractivity contribution in [3.05, 3.63) is 59.7 Å². The molecular formula is C14H12OS. The number of benzene rings is 2. The molecule has 2 rings (SSSR count). The van der Waals surface area contributed by atoms with Crippen molar-refractivity contribution in [1.82, 2.24) is 0 Å². The molecule has 0 aliphatic heterocycles. The minimum atomic E-state index is 0.716. The second-order valence-corrected chi connectivity index (χ2v) is 4.75. The van der Waals surface area contributed by atoms with E-state index < -0.39 is 0 Å². The topological polar surface area (TPSA) is 17.1 Å². The van der Waals surface area contributed by atoms with Gasteiger partial charge in [-0.05, 0) is 31.2 Å². The van der Waals surface area contributed by atoms with Crippen LogP contribution in [0.4, 0.5) is 0 Å². The van der Waals surface area contributed by atoms with Gasteiger partial charge in [-0.2, -0.15) is 0 Å². The SMILES string of the molecule is Cc1cccc(Sc2ccc(C=O)cc2)c1. The first kappa shape index (κ1) is 11.0. The molecule has 0 bridgehead atoms. The third-order valence-electron chi connectivity index (χ3n) is 2.24. The van der Waals surface area contributed by atoms with Crippen LogP contribution in [-0.2, 0) is 0 Å². The molecule has 0 aromatic heterocycles. The molecule has 2 aromatic carbocycles. The summed E-state index contributed by atoms with van der Waals surface area (Å²) in [6, 6.07) is 16.0. The monoisotopic (exact) mass is 228 g/mol. The van der Waals surface area contributed by atoms with Crippen molar-refractivity contribution in [2.45, 2.75) is 16.7 Å². The summed E-state index contributed by atoms with van der Waals surface area (Å²) < 4.78 is 0. The number of aryl methyl sites for hydroxylation is 1. The predicted octanol–water partition coefficient (Wildman–Crippen LogP) is 3.96. The van der Waals surface area contributed by atoms with Gasteiger partial charge >= 0.3 is 0 Å². The highest BCUT2D eigenvalue weighted by molar-refractivity contribution is 7.99. The summed E-state index contributed by atoms with van der Waals surface area (Å²) in [6.07, 6.45) is 0.862. The van der Waals surface area contributed by atoms with E-state index in [4.69, 9.17) is 0 Å². The molecule has 0 N–H and O–H groups in total. The van der Waals surface area contributed by atoms with Gasteiger partial charge in [-0.25, -0.2) is 0 Å². The van der Waals surface area contributed by atoms with E-state index in [9.17, 15) is 4.79 Å². The first-order chi connectivity index (χ1) is 7.78. The first-order valence-corrected chi connectivity index (χ1v) is 5.89. The molecule has 0 saturated heterocycles. The fourth-order valence-electron chi connectivity index (χ4n) is 1.43. The number of aldehydes is 1. The van der Waals surface area contributed by atoms with Crippen LogP contribution in [0.1, 0.15) is 15.9 Å². The Morgan fingerprint density at radius 3 is 2.38 bits per heavy atom. The van der Waals surface area contributed by atoms with Gasteiger partial charge in [0.1, 0.15) is 6.29 Å². The number of hydrogen-bond acceptors (Lipinski definition) is 2. The lowest BCUT2D eigenvalue weighted by Crippen LogP contribution is -1.79. The summed E-state index contributed by atoms with van der Waals surface area (Å²) in [5, 5.41) is 0. The van der Waals surface area contributed by atoms with Gasteiger partial charge in [0.05, 0.1) is 0 Å². The van der Waals surface area contributed by atoms with Crippen molar-refractivity contribution in [3.8, 4) is 0 Å². The fraction of sp³-hybridized carbons (Fsp3) is 0.0714. The van der Waals surface area contributed by atoms with Crippen LogP contribution in [0.25, 0.3) is 0 Å². The second-order valence-electron chi connectivity index (χ2n) is 3.61. The molecule has 0 aliphatic rings. The van der Waals surface area contributed by atoms with Crippen LogP contribution in [0, 0.1) is 6.92 Å². The summed E-state index contributed by atoms with van der Waals surface area (Å²) >= 11 is 1.71. The van der Waals surface area contributed by atoms with Crippen molar-refractivity contribution in [2.24, 2.45) is 0 Å². The Morgan fingerprint density at radius 1 is 1.00 bits per heavy atom. The van der Waals surface area contributed by atoms with Gasteiger partial charge in [0, 0.05) is 15.4 Å². The lowest BCUT2D eigenvalue weighted by Gasteiger charge is -2.02. The number of carbonyl (C=O) groups excluding carboxylic acids is 1. The molecule has 2 aromatic rings. The van der Waals surface area contributed by atoms with E-state index in [1.807, 2.05) is 24.3 Å². The number of rotatable bonds is 3. The molecule has 0 fully saturated rings. The normalized spacial score (nSPS) is 10.1. The van der Waals surface area contributed by atoms with Crippen LogP contribution in [0.5, 0.6) is 0 Å². The molecule has 0 atom stereocenters. The van der Waals surface area contributed by atoms with Crippen molar-refractivity contribution in [2.75, 3.05) is 0 Å². The standard InChI is InChI=1S/C14H12OS/c1-11-3-2-4-14(9-11)16-13-7-5-12(10-15)6-8-13/h2-10H,1H3. The van der Waals surface area contributed by atoms with E-state index in [-0.39, 0.29) is 0 Å². The molecule has 0 heterocycles. The summed E-state index contributed by atoms with van der Waals surface area (Å²) in [7, 11) is 0. The Morgan fingerprint density at radius 2 is 1.75 bits per heavy atom. The molecular weight excluding hydrogens is 216 g/mol. The van der Waals surface area contributed by atoms with Crippen LogP contribution < -0.4 is 0 Å². The molecule has 2 heteroatoms. The summed E-state index contributed by atoms with van der Waals surface area (Å²) in [5.74, 6) is 0. The molecule has 16 heavy (non-hydrogen) atoms. The highest BCUT2D eigenvalue weighted by atomic mass is 32.2. The lowest BCUT2D eigenvalue weighted by molar-refractivity contribution is 0.112. The molecule has 1 nitrogen and oxygen atoms in total. The zero-order chi connectivity index (χ0) is 11.4. The molecule has 0 radical (unpaired) electrons. The number of carbonyl (C=O) groups is 1. The smallest absolute Gasteiger partial charge is 0.150 e. The van der Waals surface area contributed by atoms with Crippen molar-refractivity contribution in [1.29, 1.82) is 0 Å². The van der Waals surface area contributed by atoms with E-state index in [1.54, 1.807) is 11.8 Å².